The molecule has 0 aliphatic carbocycles. The molecule has 3 nitrogen and oxygen atoms in total. The predicted molar refractivity (Wildman–Crippen MR) is 80.1 cm³/mol. The summed E-state index contributed by atoms with van der Waals surface area (Å²) < 4.78 is 6.11. The molecule has 1 N–H and O–H groups in total. The molecule has 0 radical (unpaired) electrons. The van der Waals surface area contributed by atoms with E-state index in [2.05, 4.69) is 27.9 Å². The molecule has 0 heterocycles. The number of rotatable bonds is 3. The van der Waals surface area contributed by atoms with Gasteiger partial charge in [0, 0.05) is 15.2 Å². The van der Waals surface area contributed by atoms with Crippen molar-refractivity contribution < 1.29 is 9.53 Å². The van der Waals surface area contributed by atoms with Crippen LogP contribution < -0.4 is 10.1 Å². The van der Waals surface area contributed by atoms with Crippen LogP contribution in [-0.2, 0) is 0 Å². The Morgan fingerprint density at radius 1 is 1.17 bits per heavy atom. The first kappa shape index (κ1) is 12.9. The molecule has 2 rings (SSSR count). The van der Waals surface area contributed by atoms with Gasteiger partial charge in [-0.25, -0.2) is 0 Å². The second-order valence-electron chi connectivity index (χ2n) is 3.67. The first-order chi connectivity index (χ1) is 8.70. The van der Waals surface area contributed by atoms with Gasteiger partial charge in [-0.05, 0) is 46.9 Å². The highest BCUT2D eigenvalue weighted by atomic mass is 127. The summed E-state index contributed by atoms with van der Waals surface area (Å²) >= 11 is 2.18. The Hall–Kier alpha value is -1.56. The number of nitrogens with one attached hydrogen (secondary N) is 1. The van der Waals surface area contributed by atoms with Crippen LogP contribution in [0.4, 0.5) is 5.69 Å². The van der Waals surface area contributed by atoms with Gasteiger partial charge in [-0.2, -0.15) is 0 Å². The zero-order valence-corrected chi connectivity index (χ0v) is 12.0. The van der Waals surface area contributed by atoms with Crippen LogP contribution in [0.25, 0.3) is 0 Å². The van der Waals surface area contributed by atoms with Gasteiger partial charge in [-0.3, -0.25) is 4.79 Å². The lowest BCUT2D eigenvalue weighted by molar-refractivity contribution is 0.102. The van der Waals surface area contributed by atoms with Crippen molar-refractivity contribution in [2.24, 2.45) is 0 Å². The Labute approximate surface area is 119 Å². The van der Waals surface area contributed by atoms with Crippen molar-refractivity contribution in [2.45, 2.75) is 0 Å². The summed E-state index contributed by atoms with van der Waals surface area (Å²) in [5.74, 6) is 0.598. The minimum atomic E-state index is -0.123. The van der Waals surface area contributed by atoms with E-state index in [-0.39, 0.29) is 5.91 Å². The largest absolute Gasteiger partial charge is 0.497 e. The summed E-state index contributed by atoms with van der Waals surface area (Å²) in [7, 11) is 1.60. The van der Waals surface area contributed by atoms with Crippen LogP contribution in [0.5, 0.6) is 5.75 Å². The Balaban J connectivity index is 2.21. The van der Waals surface area contributed by atoms with Gasteiger partial charge in [0.1, 0.15) is 5.75 Å². The first-order valence-corrected chi connectivity index (χ1v) is 6.48. The monoisotopic (exact) mass is 353 g/mol. The van der Waals surface area contributed by atoms with Gasteiger partial charge < -0.3 is 10.1 Å². The van der Waals surface area contributed by atoms with Crippen LogP contribution in [0.1, 0.15) is 10.4 Å². The van der Waals surface area contributed by atoms with Crippen molar-refractivity contribution in [3.8, 4) is 5.75 Å². The van der Waals surface area contributed by atoms with Gasteiger partial charge in [0.05, 0.1) is 12.8 Å². The van der Waals surface area contributed by atoms with Crippen molar-refractivity contribution in [3.63, 3.8) is 0 Å². The number of carbonyl (C=O) groups is 1. The van der Waals surface area contributed by atoms with E-state index in [1.807, 2.05) is 36.4 Å². The molecule has 0 saturated carbocycles. The highest BCUT2D eigenvalue weighted by molar-refractivity contribution is 14.1. The van der Waals surface area contributed by atoms with Crippen LogP contribution in [-0.4, -0.2) is 13.0 Å². The lowest BCUT2D eigenvalue weighted by Gasteiger charge is -2.09. The number of anilines is 1. The fourth-order valence-corrected chi connectivity index (χ4v) is 1.98. The lowest BCUT2D eigenvalue weighted by atomic mass is 10.2. The molecular weight excluding hydrogens is 341 g/mol. The van der Waals surface area contributed by atoms with Gasteiger partial charge in [0.25, 0.3) is 5.91 Å². The quantitative estimate of drug-likeness (QED) is 0.857. The number of carbonyl (C=O) groups excluding carboxylic acids is 1. The smallest absolute Gasteiger partial charge is 0.255 e. The van der Waals surface area contributed by atoms with Crippen LogP contribution in [0, 0.1) is 3.57 Å². The summed E-state index contributed by atoms with van der Waals surface area (Å²) in [5, 5.41) is 2.87. The minimum Gasteiger partial charge on any atom is -0.497 e. The van der Waals surface area contributed by atoms with Crippen molar-refractivity contribution in [3.05, 3.63) is 57.7 Å². The molecule has 0 aliphatic rings. The maximum absolute atomic E-state index is 12.0. The molecule has 0 unspecified atom stereocenters. The average Bonchev–Trinajstić information content (AvgIpc) is 2.42. The van der Waals surface area contributed by atoms with Gasteiger partial charge in [0.15, 0.2) is 0 Å². The average molecular weight is 353 g/mol. The third kappa shape index (κ3) is 3.01. The van der Waals surface area contributed by atoms with E-state index in [4.69, 9.17) is 4.74 Å². The van der Waals surface area contributed by atoms with Crippen LogP contribution in [0.2, 0.25) is 0 Å². The third-order valence-corrected chi connectivity index (χ3v) is 3.40. The Bertz CT molecular complexity index is 555. The second kappa shape index (κ2) is 5.86. The van der Waals surface area contributed by atoms with Crippen molar-refractivity contribution >= 4 is 34.2 Å². The molecule has 18 heavy (non-hydrogen) atoms. The van der Waals surface area contributed by atoms with E-state index >= 15 is 0 Å². The fraction of sp³-hybridized carbons (Fsp3) is 0.0714. The number of hydrogen-bond acceptors (Lipinski definition) is 2. The molecule has 0 saturated heterocycles. The zero-order chi connectivity index (χ0) is 13.0. The summed E-state index contributed by atoms with van der Waals surface area (Å²) in [6, 6.07) is 14.7. The van der Waals surface area contributed by atoms with Crippen LogP contribution in [0.15, 0.2) is 48.5 Å². The maximum atomic E-state index is 12.0. The van der Waals surface area contributed by atoms with Crippen molar-refractivity contribution in [1.29, 1.82) is 0 Å². The number of halogens is 1. The molecule has 4 heteroatoms. The van der Waals surface area contributed by atoms with E-state index in [0.717, 1.165) is 15.0 Å². The van der Waals surface area contributed by atoms with E-state index in [1.165, 1.54) is 0 Å². The van der Waals surface area contributed by atoms with Gasteiger partial charge in [-0.1, -0.05) is 18.2 Å². The Morgan fingerprint density at radius 3 is 2.56 bits per heavy atom. The first-order valence-electron chi connectivity index (χ1n) is 5.40. The van der Waals surface area contributed by atoms with Gasteiger partial charge >= 0.3 is 0 Å². The molecule has 2 aromatic carbocycles. The topological polar surface area (TPSA) is 38.3 Å². The predicted octanol–water partition coefficient (Wildman–Crippen LogP) is 3.55. The van der Waals surface area contributed by atoms with Crippen LogP contribution in [0.3, 0.4) is 0 Å². The summed E-state index contributed by atoms with van der Waals surface area (Å²) in [6.45, 7) is 0. The molecule has 1 amide bonds. The van der Waals surface area contributed by atoms with Crippen molar-refractivity contribution in [2.75, 3.05) is 12.4 Å². The third-order valence-electron chi connectivity index (χ3n) is 2.46. The lowest BCUT2D eigenvalue weighted by Crippen LogP contribution is -2.12. The summed E-state index contributed by atoms with van der Waals surface area (Å²) in [4.78, 5) is 12.0. The number of benzene rings is 2. The highest BCUT2D eigenvalue weighted by Gasteiger charge is 2.08. The van der Waals surface area contributed by atoms with Gasteiger partial charge in [0.2, 0.25) is 0 Å². The number of methoxy groups -OCH3 is 1. The highest BCUT2D eigenvalue weighted by Crippen LogP contribution is 2.24. The molecular formula is C14H12INO2. The molecule has 0 aromatic heterocycles. The molecule has 0 atom stereocenters. The minimum absolute atomic E-state index is 0.123. The number of amides is 1. The standard InChI is InChI=1S/C14H12INO2/c1-18-11-7-8-12(15)13(9-11)16-14(17)10-5-3-2-4-6-10/h2-9H,1H3,(H,16,17). The number of ether oxygens (including phenoxy) is 1. The maximum Gasteiger partial charge on any atom is 0.255 e. The molecule has 0 spiro atoms. The Morgan fingerprint density at radius 2 is 1.89 bits per heavy atom. The number of hydrogen-bond donors (Lipinski definition) is 1. The molecule has 0 aliphatic heterocycles. The van der Waals surface area contributed by atoms with Crippen LogP contribution >= 0.6 is 22.6 Å². The molecule has 92 valence electrons. The molecule has 0 bridgehead atoms. The normalized spacial score (nSPS) is 9.89. The van der Waals surface area contributed by atoms with Crippen molar-refractivity contribution in [1.82, 2.24) is 0 Å². The second-order valence-corrected chi connectivity index (χ2v) is 4.83. The van der Waals surface area contributed by atoms with E-state index in [9.17, 15) is 4.79 Å². The van der Waals surface area contributed by atoms with E-state index in [1.54, 1.807) is 19.2 Å². The van der Waals surface area contributed by atoms with Gasteiger partial charge in [-0.15, -0.1) is 0 Å². The summed E-state index contributed by atoms with van der Waals surface area (Å²) in [6.07, 6.45) is 0. The van der Waals surface area contributed by atoms with E-state index in [0.29, 0.717) is 5.56 Å². The molecule has 2 aromatic rings. The summed E-state index contributed by atoms with van der Waals surface area (Å²) in [5.41, 5.74) is 1.39. The van der Waals surface area contributed by atoms with E-state index < -0.39 is 0 Å². The zero-order valence-electron chi connectivity index (χ0n) is 9.81. The fourth-order valence-electron chi connectivity index (χ4n) is 1.51. The SMILES string of the molecule is COc1ccc(I)c(NC(=O)c2ccccc2)c1. The molecule has 0 fully saturated rings. The Kier molecular flexibility index (Phi) is 4.19.